The van der Waals surface area contributed by atoms with Gasteiger partial charge in [-0.15, -0.1) is 0 Å². The monoisotopic (exact) mass is 670 g/mol. The van der Waals surface area contributed by atoms with Crippen molar-refractivity contribution < 1.29 is 4.57 Å². The van der Waals surface area contributed by atoms with Gasteiger partial charge in [-0.1, -0.05) is 164 Å². The summed E-state index contributed by atoms with van der Waals surface area (Å²) in [5.74, 6) is 0. The number of pyridine rings is 1. The van der Waals surface area contributed by atoms with Crippen LogP contribution in [0.15, 0.2) is 188 Å². The van der Waals surface area contributed by atoms with Crippen LogP contribution < -0.4 is 15.9 Å². The SMILES string of the molecule is O=P1(c2ccccc2)c2ccccc2-c2ccc3c(c21)c1ccccc1n3-c1cc(-c2ccccc2)nc(-c2ccc(-c3ccccc3)cc2)c1. The van der Waals surface area contributed by atoms with Crippen LogP contribution in [-0.4, -0.2) is 9.55 Å². The van der Waals surface area contributed by atoms with Crippen molar-refractivity contribution in [2.45, 2.75) is 0 Å². The van der Waals surface area contributed by atoms with Gasteiger partial charge >= 0.3 is 0 Å². The zero-order valence-electron chi connectivity index (χ0n) is 27.6. The first-order chi connectivity index (χ1) is 25.2. The number of hydrogen-bond acceptors (Lipinski definition) is 2. The minimum atomic E-state index is -3.20. The van der Waals surface area contributed by atoms with E-state index in [1.807, 2.05) is 54.6 Å². The van der Waals surface area contributed by atoms with E-state index in [0.717, 1.165) is 77.0 Å². The predicted octanol–water partition coefficient (Wildman–Crippen LogP) is 10.8. The van der Waals surface area contributed by atoms with Gasteiger partial charge in [0.25, 0.3) is 0 Å². The van der Waals surface area contributed by atoms with Gasteiger partial charge in [0, 0.05) is 37.8 Å². The lowest BCUT2D eigenvalue weighted by atomic mass is 10.0. The van der Waals surface area contributed by atoms with Crippen LogP contribution in [0, 0.1) is 0 Å². The summed E-state index contributed by atoms with van der Waals surface area (Å²) in [6, 6.07) is 65.0. The third-order valence-electron chi connectivity index (χ3n) is 10.2. The highest BCUT2D eigenvalue weighted by molar-refractivity contribution is 7.86. The van der Waals surface area contributed by atoms with E-state index in [0.29, 0.717) is 0 Å². The molecule has 3 heterocycles. The van der Waals surface area contributed by atoms with Crippen LogP contribution in [-0.2, 0) is 4.57 Å². The number of hydrogen-bond donors (Lipinski definition) is 0. The third-order valence-corrected chi connectivity index (χ3v) is 13.4. The van der Waals surface area contributed by atoms with Gasteiger partial charge in [-0.2, -0.15) is 0 Å². The van der Waals surface area contributed by atoms with Crippen LogP contribution in [0.1, 0.15) is 0 Å². The molecule has 1 unspecified atom stereocenters. The third kappa shape index (κ3) is 4.59. The summed E-state index contributed by atoms with van der Waals surface area (Å²) in [5.41, 5.74) is 11.4. The second kappa shape index (κ2) is 11.7. The molecule has 10 rings (SSSR count). The van der Waals surface area contributed by atoms with Crippen LogP contribution in [0.3, 0.4) is 0 Å². The maximum Gasteiger partial charge on any atom is 0.172 e. The second-order valence-corrected chi connectivity index (χ2v) is 15.7. The molecule has 51 heavy (non-hydrogen) atoms. The number of fused-ring (bicyclic) bond motifs is 7. The van der Waals surface area contributed by atoms with Gasteiger partial charge in [0.1, 0.15) is 0 Å². The average molecular weight is 671 g/mol. The van der Waals surface area contributed by atoms with Crippen LogP contribution >= 0.6 is 7.14 Å². The molecule has 7 aromatic carbocycles. The smallest absolute Gasteiger partial charge is 0.172 e. The van der Waals surface area contributed by atoms with E-state index >= 15 is 4.57 Å². The molecule has 1 atom stereocenters. The van der Waals surface area contributed by atoms with E-state index in [9.17, 15) is 0 Å². The molecule has 2 aromatic heterocycles. The molecule has 0 aliphatic carbocycles. The van der Waals surface area contributed by atoms with E-state index in [1.54, 1.807) is 0 Å². The highest BCUT2D eigenvalue weighted by atomic mass is 31.2. The number of para-hydroxylation sites is 1. The molecule has 0 saturated carbocycles. The normalized spacial score (nSPS) is 14.8. The lowest BCUT2D eigenvalue weighted by molar-refractivity contribution is 0.593. The quantitative estimate of drug-likeness (QED) is 0.171. The number of benzene rings is 7. The molecule has 0 radical (unpaired) electrons. The minimum Gasteiger partial charge on any atom is -0.309 e. The summed E-state index contributed by atoms with van der Waals surface area (Å²) in [7, 11) is -3.20. The van der Waals surface area contributed by atoms with Gasteiger partial charge < -0.3 is 9.13 Å². The Labute approximate surface area is 296 Å². The molecule has 9 aromatic rings. The van der Waals surface area contributed by atoms with Crippen molar-refractivity contribution in [2.24, 2.45) is 0 Å². The summed E-state index contributed by atoms with van der Waals surface area (Å²) in [6.45, 7) is 0. The topological polar surface area (TPSA) is 34.9 Å². The molecule has 0 saturated heterocycles. The highest BCUT2D eigenvalue weighted by Crippen LogP contribution is 2.55. The maximum atomic E-state index is 15.9. The molecule has 0 N–H and O–H groups in total. The van der Waals surface area contributed by atoms with Crippen LogP contribution in [0.4, 0.5) is 0 Å². The Morgan fingerprint density at radius 1 is 0.451 bits per heavy atom. The van der Waals surface area contributed by atoms with Crippen molar-refractivity contribution in [1.82, 2.24) is 9.55 Å². The average Bonchev–Trinajstić information content (AvgIpc) is 3.69. The Balaban J connectivity index is 1.25. The fourth-order valence-corrected chi connectivity index (χ4v) is 11.2. The number of aromatic nitrogens is 2. The minimum absolute atomic E-state index is 0.858. The molecule has 3 nitrogen and oxygen atoms in total. The molecule has 1 aliphatic heterocycles. The van der Waals surface area contributed by atoms with Gasteiger partial charge in [-0.05, 0) is 46.5 Å². The maximum absolute atomic E-state index is 15.9. The summed E-state index contributed by atoms with van der Waals surface area (Å²) in [6.07, 6.45) is 0. The van der Waals surface area contributed by atoms with Crippen molar-refractivity contribution in [3.05, 3.63) is 188 Å². The molecular weight excluding hydrogens is 640 g/mol. The van der Waals surface area contributed by atoms with E-state index in [1.165, 1.54) is 11.1 Å². The first-order valence-electron chi connectivity index (χ1n) is 17.2. The Morgan fingerprint density at radius 2 is 1.00 bits per heavy atom. The van der Waals surface area contributed by atoms with Crippen LogP contribution in [0.2, 0.25) is 0 Å². The predicted molar refractivity (Wildman–Crippen MR) is 213 cm³/mol. The van der Waals surface area contributed by atoms with Crippen LogP contribution in [0.5, 0.6) is 0 Å². The van der Waals surface area contributed by atoms with Gasteiger partial charge in [0.15, 0.2) is 7.14 Å². The molecule has 0 bridgehead atoms. The first-order valence-corrected chi connectivity index (χ1v) is 19.0. The Kier molecular flexibility index (Phi) is 6.77. The lowest BCUT2D eigenvalue weighted by Gasteiger charge is -2.17. The van der Waals surface area contributed by atoms with Crippen molar-refractivity contribution in [3.63, 3.8) is 0 Å². The fourth-order valence-electron chi connectivity index (χ4n) is 7.88. The van der Waals surface area contributed by atoms with Crippen molar-refractivity contribution in [2.75, 3.05) is 0 Å². The standard InChI is InChI=1S/C47H31N2OP/c50-51(37-18-8-3-9-19-37)45-23-13-11-20-38(45)39-28-29-44-46(47(39)51)40-21-10-12-22-43(40)49(44)36-30-41(34-16-6-2-7-17-34)48-42(31-36)35-26-24-33(25-27-35)32-14-4-1-5-15-32/h1-31H. The molecular formula is C47H31N2OP. The van der Waals surface area contributed by atoms with Crippen LogP contribution in [0.25, 0.3) is 72.3 Å². The van der Waals surface area contributed by atoms with E-state index < -0.39 is 7.14 Å². The zero-order valence-corrected chi connectivity index (χ0v) is 28.5. The van der Waals surface area contributed by atoms with Crippen molar-refractivity contribution >= 4 is 44.9 Å². The fraction of sp³-hybridized carbons (Fsp3) is 0. The lowest BCUT2D eigenvalue weighted by Crippen LogP contribution is -2.21. The van der Waals surface area contributed by atoms with Gasteiger partial charge in [0.05, 0.1) is 28.1 Å². The Hall–Kier alpha value is -6.28. The molecule has 0 amide bonds. The number of nitrogens with zero attached hydrogens (tertiary/aromatic N) is 2. The Morgan fingerprint density at radius 3 is 1.73 bits per heavy atom. The first kappa shape index (κ1) is 29.6. The number of rotatable bonds is 5. The van der Waals surface area contributed by atoms with Crippen molar-refractivity contribution in [1.29, 1.82) is 0 Å². The molecule has 1 aliphatic rings. The molecule has 240 valence electrons. The van der Waals surface area contributed by atoms with Gasteiger partial charge in [-0.3, -0.25) is 0 Å². The summed E-state index contributed by atoms with van der Waals surface area (Å²) >= 11 is 0. The van der Waals surface area contributed by atoms with E-state index in [2.05, 4.69) is 138 Å². The van der Waals surface area contributed by atoms with Crippen molar-refractivity contribution in [3.8, 4) is 50.5 Å². The molecule has 0 fully saturated rings. The Bertz CT molecular complexity index is 2810. The van der Waals surface area contributed by atoms with Gasteiger partial charge in [0.2, 0.25) is 0 Å². The summed E-state index contributed by atoms with van der Waals surface area (Å²) in [4.78, 5) is 5.24. The second-order valence-electron chi connectivity index (χ2n) is 13.1. The molecule has 0 spiro atoms. The molecule has 4 heteroatoms. The summed E-state index contributed by atoms with van der Waals surface area (Å²) in [5, 5.41) is 4.82. The highest BCUT2D eigenvalue weighted by Gasteiger charge is 2.42. The largest absolute Gasteiger partial charge is 0.309 e. The van der Waals surface area contributed by atoms with E-state index in [-0.39, 0.29) is 0 Å². The summed E-state index contributed by atoms with van der Waals surface area (Å²) < 4.78 is 18.2. The zero-order chi connectivity index (χ0) is 33.9. The van der Waals surface area contributed by atoms with E-state index in [4.69, 9.17) is 4.98 Å². The van der Waals surface area contributed by atoms with Gasteiger partial charge in [-0.25, -0.2) is 4.98 Å².